The molecule has 6 rings (SSSR count). The second-order valence-corrected chi connectivity index (χ2v) is 8.44. The van der Waals surface area contributed by atoms with Crippen molar-refractivity contribution >= 4 is 40.4 Å². The van der Waals surface area contributed by atoms with Gasteiger partial charge in [0, 0.05) is 12.4 Å². The summed E-state index contributed by atoms with van der Waals surface area (Å²) in [7, 11) is 0. The van der Waals surface area contributed by atoms with E-state index >= 15 is 0 Å². The number of nitrogens with one attached hydrogen (secondary N) is 1. The van der Waals surface area contributed by atoms with Crippen molar-refractivity contribution in [1.82, 2.24) is 29.1 Å². The lowest BCUT2D eigenvalue weighted by Gasteiger charge is -2.16. The van der Waals surface area contributed by atoms with Gasteiger partial charge in [-0.15, -0.1) is 0 Å². The van der Waals surface area contributed by atoms with E-state index in [0.29, 0.717) is 38.6 Å². The molecule has 0 saturated carbocycles. The molecule has 0 fully saturated rings. The topological polar surface area (TPSA) is 85.8 Å². The number of para-hydroxylation sites is 3. The molecule has 6 aromatic rings. The zero-order valence-electron chi connectivity index (χ0n) is 19.3. The molecule has 174 valence electrons. The highest BCUT2D eigenvalue weighted by molar-refractivity contribution is 7.71. The Kier molecular flexibility index (Phi) is 5.51. The molecule has 4 aromatic heterocycles. The van der Waals surface area contributed by atoms with Crippen LogP contribution in [-0.4, -0.2) is 29.1 Å². The zero-order valence-corrected chi connectivity index (χ0v) is 20.1. The third-order valence-corrected chi connectivity index (χ3v) is 6.11. The fourth-order valence-electron chi connectivity index (χ4n) is 4.05. The van der Waals surface area contributed by atoms with Crippen molar-refractivity contribution in [2.24, 2.45) is 5.10 Å². The predicted molar refractivity (Wildman–Crippen MR) is 142 cm³/mol. The summed E-state index contributed by atoms with van der Waals surface area (Å²) in [4.78, 5) is 19.0. The van der Waals surface area contributed by atoms with Crippen LogP contribution in [0.4, 0.5) is 5.82 Å². The maximum atomic E-state index is 6.09. The molecule has 0 atom stereocenters. The molecule has 2 bridgehead atoms. The summed E-state index contributed by atoms with van der Waals surface area (Å²) in [5.74, 6) is 1.23. The van der Waals surface area contributed by atoms with Gasteiger partial charge in [-0.05, 0) is 67.2 Å². The molecule has 0 saturated heterocycles. The molecule has 0 aliphatic rings. The lowest BCUT2D eigenvalue weighted by Crippen LogP contribution is -2.23. The third kappa shape index (κ3) is 3.81. The van der Waals surface area contributed by atoms with Crippen LogP contribution in [0.5, 0.6) is 0 Å². The molecule has 2 aromatic carbocycles. The lowest BCUT2D eigenvalue weighted by atomic mass is 10.2. The van der Waals surface area contributed by atoms with Crippen LogP contribution < -0.4 is 10.8 Å². The third-order valence-electron chi connectivity index (χ3n) is 5.75. The number of aromatic nitrogens is 6. The number of rotatable bonds is 4. The first-order chi connectivity index (χ1) is 17.7. The van der Waals surface area contributed by atoms with Gasteiger partial charge in [-0.2, -0.15) is 5.10 Å². The summed E-state index contributed by atoms with van der Waals surface area (Å²) in [5, 5.41) is 5.28. The van der Waals surface area contributed by atoms with Crippen molar-refractivity contribution in [1.29, 1.82) is 0 Å². The molecule has 9 heteroatoms. The minimum absolute atomic E-state index is 0.477. The number of hydrogen-bond acceptors (Lipinski definition) is 7. The Morgan fingerprint density at radius 3 is 2.03 bits per heavy atom. The van der Waals surface area contributed by atoms with Crippen LogP contribution in [-0.2, 0) is 0 Å². The van der Waals surface area contributed by atoms with E-state index in [2.05, 4.69) is 15.4 Å². The van der Waals surface area contributed by atoms with Crippen molar-refractivity contribution in [3.05, 3.63) is 113 Å². The fraction of sp³-hybridized carbons (Fsp3) is 0.0370. The summed E-state index contributed by atoms with van der Waals surface area (Å²) in [6.45, 7) is 2.04. The lowest BCUT2D eigenvalue weighted by molar-refractivity contribution is 0.862. The van der Waals surface area contributed by atoms with E-state index in [1.165, 1.54) is 0 Å². The molecule has 0 aliphatic heterocycles. The van der Waals surface area contributed by atoms with Crippen LogP contribution in [0.15, 0.2) is 102 Å². The van der Waals surface area contributed by atoms with Gasteiger partial charge in [0.1, 0.15) is 11.6 Å². The zero-order chi connectivity index (χ0) is 24.5. The quantitative estimate of drug-likeness (QED) is 0.274. The Labute approximate surface area is 211 Å². The summed E-state index contributed by atoms with van der Waals surface area (Å²) >= 11 is 6.09. The van der Waals surface area contributed by atoms with Gasteiger partial charge in [0.25, 0.3) is 0 Å². The van der Waals surface area contributed by atoms with Gasteiger partial charge in [-0.25, -0.2) is 19.9 Å². The SMILES string of the molecule is Cc1ccccc1-n1c(=S)n(-c2ccccn2)c2nc3ccccc3nc1/c2=N/Nc1ccccn1. The molecule has 0 unspecified atom stereocenters. The maximum Gasteiger partial charge on any atom is 0.193 e. The molecule has 4 heterocycles. The van der Waals surface area contributed by atoms with Crippen LogP contribution in [0, 0.1) is 11.7 Å². The fourth-order valence-corrected chi connectivity index (χ4v) is 4.41. The van der Waals surface area contributed by atoms with Crippen molar-refractivity contribution in [2.75, 3.05) is 5.43 Å². The number of anilines is 1. The molecule has 0 aliphatic carbocycles. The van der Waals surface area contributed by atoms with Crippen molar-refractivity contribution < 1.29 is 0 Å². The van der Waals surface area contributed by atoms with Crippen LogP contribution >= 0.6 is 12.2 Å². The predicted octanol–water partition coefficient (Wildman–Crippen LogP) is 5.12. The number of benzene rings is 2. The highest BCUT2D eigenvalue weighted by Gasteiger charge is 2.18. The minimum Gasteiger partial charge on any atom is -0.268 e. The second-order valence-electron chi connectivity index (χ2n) is 8.07. The summed E-state index contributed by atoms with van der Waals surface area (Å²) < 4.78 is 4.24. The van der Waals surface area contributed by atoms with Crippen molar-refractivity contribution in [3.8, 4) is 11.5 Å². The molecule has 0 amide bonds. The first kappa shape index (κ1) is 21.8. The van der Waals surface area contributed by atoms with Gasteiger partial charge in [-0.1, -0.05) is 42.5 Å². The first-order valence-corrected chi connectivity index (χ1v) is 11.7. The molecule has 8 nitrogen and oxygen atoms in total. The monoisotopic (exact) mass is 488 g/mol. The van der Waals surface area contributed by atoms with Crippen molar-refractivity contribution in [2.45, 2.75) is 6.92 Å². The van der Waals surface area contributed by atoms with Gasteiger partial charge in [0.15, 0.2) is 21.4 Å². The molecule has 0 spiro atoms. The smallest absolute Gasteiger partial charge is 0.193 e. The number of pyridine rings is 2. The number of aryl methyl sites for hydroxylation is 1. The van der Waals surface area contributed by atoms with E-state index in [9.17, 15) is 0 Å². The van der Waals surface area contributed by atoms with E-state index in [1.807, 2.05) is 101 Å². The molecule has 1 N–H and O–H groups in total. The average Bonchev–Trinajstić information content (AvgIpc) is 3.03. The molecular formula is C27H20N8S. The maximum absolute atomic E-state index is 6.09. The highest BCUT2D eigenvalue weighted by Crippen LogP contribution is 2.21. The van der Waals surface area contributed by atoms with Gasteiger partial charge in [0.05, 0.1) is 16.7 Å². The standard InChI is InChI=1S/C27H20N8S/c1-18-10-2-5-13-21(18)34-25-24(33-32-22-14-6-8-16-28-22)26(31-20-12-4-3-11-19(20)30-25)35(27(34)36)23-15-7-9-17-29-23/h2-17H,1H3,(H,28,32)/b33-24-. The number of nitrogens with zero attached hydrogens (tertiary/aromatic N) is 7. The Balaban J connectivity index is 1.85. The van der Waals surface area contributed by atoms with Gasteiger partial charge >= 0.3 is 0 Å². The Bertz CT molecular complexity index is 1840. The van der Waals surface area contributed by atoms with Gasteiger partial charge < -0.3 is 0 Å². The van der Waals surface area contributed by atoms with E-state index in [0.717, 1.165) is 16.8 Å². The number of hydrogen-bond donors (Lipinski definition) is 1. The molecule has 36 heavy (non-hydrogen) atoms. The summed E-state index contributed by atoms with van der Waals surface area (Å²) in [5.41, 5.74) is 7.52. The highest BCUT2D eigenvalue weighted by atomic mass is 32.1. The van der Waals surface area contributed by atoms with E-state index in [-0.39, 0.29) is 0 Å². The van der Waals surface area contributed by atoms with E-state index in [4.69, 9.17) is 27.3 Å². The largest absolute Gasteiger partial charge is 0.268 e. The van der Waals surface area contributed by atoms with Crippen LogP contribution in [0.3, 0.4) is 0 Å². The Morgan fingerprint density at radius 1 is 0.722 bits per heavy atom. The van der Waals surface area contributed by atoms with Crippen molar-refractivity contribution in [3.63, 3.8) is 0 Å². The normalized spacial score (nSPS) is 11.8. The minimum atomic E-state index is 0.477. The second kappa shape index (κ2) is 9.12. The van der Waals surface area contributed by atoms with Crippen LogP contribution in [0.1, 0.15) is 5.56 Å². The van der Waals surface area contributed by atoms with E-state index in [1.54, 1.807) is 12.4 Å². The Hall–Kier alpha value is -4.76. The van der Waals surface area contributed by atoms with Gasteiger partial charge in [-0.3, -0.25) is 14.6 Å². The first-order valence-electron chi connectivity index (χ1n) is 11.3. The van der Waals surface area contributed by atoms with Gasteiger partial charge in [0.2, 0.25) is 0 Å². The Morgan fingerprint density at radius 2 is 1.36 bits per heavy atom. The summed E-state index contributed by atoms with van der Waals surface area (Å²) in [6, 6.07) is 27.0. The summed E-state index contributed by atoms with van der Waals surface area (Å²) in [6.07, 6.45) is 3.43. The average molecular weight is 489 g/mol. The number of fused-ring (bicyclic) bond motifs is 3. The van der Waals surface area contributed by atoms with Crippen LogP contribution in [0.25, 0.3) is 33.8 Å². The van der Waals surface area contributed by atoms with E-state index < -0.39 is 0 Å². The van der Waals surface area contributed by atoms with Crippen LogP contribution in [0.2, 0.25) is 0 Å². The molecular weight excluding hydrogens is 468 g/mol. The molecule has 0 radical (unpaired) electrons.